The van der Waals surface area contributed by atoms with E-state index in [4.69, 9.17) is 32.7 Å². The van der Waals surface area contributed by atoms with Crippen LogP contribution in [0.4, 0.5) is 9.18 Å². The van der Waals surface area contributed by atoms with Crippen molar-refractivity contribution in [2.45, 2.75) is 51.4 Å². The van der Waals surface area contributed by atoms with Crippen molar-refractivity contribution >= 4 is 35.2 Å². The number of benzene rings is 2. The predicted octanol–water partition coefficient (Wildman–Crippen LogP) is 6.44. The third-order valence-electron chi connectivity index (χ3n) is 9.22. The SMILES string of the molecule is COc1cc(-c2nccc(-c3cccc(-c4cc(F)c(CN(C[C@@H]5CCC(=O)N5)C(=O)O)c(OC)n4)c3Cl)c2Cl)cc2c1CN(C[C@@H](C)O)CC2. The van der Waals surface area contributed by atoms with Gasteiger partial charge in [0.1, 0.15) is 11.6 Å². The Kier molecular flexibility index (Phi) is 11.0. The van der Waals surface area contributed by atoms with Crippen LogP contribution in [0, 0.1) is 5.82 Å². The second-order valence-electron chi connectivity index (χ2n) is 12.8. The third kappa shape index (κ3) is 7.74. The van der Waals surface area contributed by atoms with E-state index in [1.54, 1.807) is 44.5 Å². The van der Waals surface area contributed by atoms with Gasteiger partial charge in [-0.05, 0) is 43.5 Å². The summed E-state index contributed by atoms with van der Waals surface area (Å²) >= 11 is 14.1. The number of fused-ring (bicyclic) bond motifs is 1. The summed E-state index contributed by atoms with van der Waals surface area (Å²) in [5.41, 5.74) is 5.23. The second kappa shape index (κ2) is 15.4. The number of carbonyl (C=O) groups excluding carboxylic acids is 1. The van der Waals surface area contributed by atoms with Gasteiger partial charge in [0.2, 0.25) is 11.8 Å². The highest BCUT2D eigenvalue weighted by Crippen LogP contribution is 2.43. The van der Waals surface area contributed by atoms with Gasteiger partial charge < -0.3 is 29.9 Å². The van der Waals surface area contributed by atoms with E-state index in [1.807, 2.05) is 6.07 Å². The van der Waals surface area contributed by atoms with Gasteiger partial charge in [0.25, 0.3) is 0 Å². The van der Waals surface area contributed by atoms with Crippen LogP contribution < -0.4 is 14.8 Å². The number of nitrogens with one attached hydrogen (secondary N) is 1. The molecule has 11 nitrogen and oxygen atoms in total. The van der Waals surface area contributed by atoms with Crippen LogP contribution in [0.15, 0.2) is 48.7 Å². The minimum absolute atomic E-state index is 0.00518. The summed E-state index contributed by atoms with van der Waals surface area (Å²) in [5.74, 6) is -0.250. The molecule has 3 N–H and O–H groups in total. The Balaban J connectivity index is 1.32. The Labute approximate surface area is 304 Å². The number of amides is 2. The molecule has 1 saturated heterocycles. The second-order valence-corrected chi connectivity index (χ2v) is 13.5. The maximum absolute atomic E-state index is 15.8. The Morgan fingerprint density at radius 1 is 1.12 bits per heavy atom. The lowest BCUT2D eigenvalue weighted by Gasteiger charge is -2.31. The molecule has 4 aromatic rings. The maximum Gasteiger partial charge on any atom is 0.407 e. The van der Waals surface area contributed by atoms with Crippen LogP contribution in [0.3, 0.4) is 0 Å². The normalized spacial score (nSPS) is 16.4. The van der Waals surface area contributed by atoms with E-state index in [0.29, 0.717) is 59.1 Å². The van der Waals surface area contributed by atoms with Crippen LogP contribution in [-0.4, -0.2) is 88.0 Å². The summed E-state index contributed by atoms with van der Waals surface area (Å²) < 4.78 is 27.0. The van der Waals surface area contributed by atoms with E-state index >= 15 is 4.39 Å². The first-order valence-corrected chi connectivity index (χ1v) is 17.3. The number of aliphatic hydroxyl groups excluding tert-OH is 1. The van der Waals surface area contributed by atoms with Gasteiger partial charge in [-0.15, -0.1) is 0 Å². The van der Waals surface area contributed by atoms with Crippen LogP contribution in [0.5, 0.6) is 11.6 Å². The lowest BCUT2D eigenvalue weighted by atomic mass is 9.93. The molecule has 0 bridgehead atoms. The van der Waals surface area contributed by atoms with Crippen molar-refractivity contribution in [2.75, 3.05) is 33.9 Å². The fourth-order valence-corrected chi connectivity index (χ4v) is 7.42. The van der Waals surface area contributed by atoms with E-state index in [9.17, 15) is 19.8 Å². The number of halogens is 3. The molecule has 2 aliphatic heterocycles. The van der Waals surface area contributed by atoms with Gasteiger partial charge >= 0.3 is 6.09 Å². The zero-order valence-corrected chi connectivity index (χ0v) is 29.9. The molecule has 2 amide bonds. The average molecular weight is 739 g/mol. The molecule has 2 aromatic heterocycles. The van der Waals surface area contributed by atoms with Crippen molar-refractivity contribution in [1.29, 1.82) is 0 Å². The van der Waals surface area contributed by atoms with E-state index < -0.39 is 18.0 Å². The quantitative estimate of drug-likeness (QED) is 0.159. The molecule has 0 radical (unpaired) electrons. The summed E-state index contributed by atoms with van der Waals surface area (Å²) in [7, 11) is 2.95. The van der Waals surface area contributed by atoms with Gasteiger partial charge in [-0.25, -0.2) is 14.2 Å². The average Bonchev–Trinajstić information content (AvgIpc) is 3.52. The molecule has 0 saturated carbocycles. The van der Waals surface area contributed by atoms with Crippen LogP contribution in [0.25, 0.3) is 33.6 Å². The van der Waals surface area contributed by atoms with Crippen molar-refractivity contribution in [3.8, 4) is 45.3 Å². The van der Waals surface area contributed by atoms with Gasteiger partial charge in [-0.1, -0.05) is 41.4 Å². The molecule has 2 aromatic carbocycles. The Bertz CT molecular complexity index is 1960. The highest BCUT2D eigenvalue weighted by molar-refractivity contribution is 6.39. The zero-order chi connectivity index (χ0) is 36.4. The maximum atomic E-state index is 15.8. The third-order valence-corrected chi connectivity index (χ3v) is 10.0. The number of pyridine rings is 2. The molecule has 6 rings (SSSR count). The summed E-state index contributed by atoms with van der Waals surface area (Å²) in [6.45, 7) is 3.47. The highest BCUT2D eigenvalue weighted by Gasteiger charge is 2.28. The van der Waals surface area contributed by atoms with E-state index in [0.717, 1.165) is 34.6 Å². The molecule has 2 atom stereocenters. The van der Waals surface area contributed by atoms with Gasteiger partial charge in [-0.2, -0.15) is 0 Å². The summed E-state index contributed by atoms with van der Waals surface area (Å²) in [6, 6.07) is 11.8. The topological polar surface area (TPSA) is 137 Å². The largest absolute Gasteiger partial charge is 0.496 e. The number of β-amino-alcohol motifs (C(OH)–C–C–N with tert-alkyl or cyclic N) is 1. The molecule has 14 heteroatoms. The van der Waals surface area contributed by atoms with E-state index in [1.165, 1.54) is 13.2 Å². The number of nitrogens with zero attached hydrogens (tertiary/aromatic N) is 4. The summed E-state index contributed by atoms with van der Waals surface area (Å²) in [6.07, 6.45) is 1.53. The monoisotopic (exact) mass is 737 g/mol. The lowest BCUT2D eigenvalue weighted by Crippen LogP contribution is -2.41. The number of aliphatic hydroxyl groups is 1. The lowest BCUT2D eigenvalue weighted by molar-refractivity contribution is -0.119. The number of ether oxygens (including phenoxy) is 2. The molecule has 268 valence electrons. The van der Waals surface area contributed by atoms with E-state index in [-0.39, 0.29) is 47.2 Å². The van der Waals surface area contributed by atoms with Gasteiger partial charge in [0.15, 0.2) is 0 Å². The molecule has 51 heavy (non-hydrogen) atoms. The first kappa shape index (κ1) is 36.3. The molecule has 1 fully saturated rings. The smallest absolute Gasteiger partial charge is 0.407 e. The molecule has 0 unspecified atom stereocenters. The predicted molar refractivity (Wildman–Crippen MR) is 192 cm³/mol. The standard InChI is InChI=1S/C37H38Cl2FN5O6/c1-20(46)16-44-12-10-21-13-22(14-31(50-2)27(21)18-44)35-34(39)25(9-11-41-35)24-5-4-6-26(33(24)38)30-15-29(40)28(36(43-30)51-3)19-45(37(48)49)17-23-7-8-32(47)42-23/h4-6,9,11,13-15,20,23,46H,7-8,10,12,16-19H2,1-3H3,(H,42,47)(H,48,49)/t20-,23+/m1/s1. The Hall–Kier alpha value is -4.49. The van der Waals surface area contributed by atoms with Gasteiger partial charge in [-0.3, -0.25) is 14.7 Å². The minimum atomic E-state index is -1.26. The summed E-state index contributed by atoms with van der Waals surface area (Å²) in [4.78, 5) is 36.1. The van der Waals surface area contributed by atoms with Crippen molar-refractivity contribution in [3.05, 3.63) is 81.2 Å². The highest BCUT2D eigenvalue weighted by atomic mass is 35.5. The van der Waals surface area contributed by atoms with Crippen LogP contribution in [-0.2, 0) is 24.3 Å². The van der Waals surface area contributed by atoms with Crippen molar-refractivity contribution in [1.82, 2.24) is 25.1 Å². The van der Waals surface area contributed by atoms with Crippen LogP contribution >= 0.6 is 23.2 Å². The fourth-order valence-electron chi connectivity index (χ4n) is 6.78. The van der Waals surface area contributed by atoms with Crippen LogP contribution in [0.2, 0.25) is 10.0 Å². The number of aromatic nitrogens is 2. The number of methoxy groups -OCH3 is 2. The van der Waals surface area contributed by atoms with Crippen molar-refractivity contribution in [3.63, 3.8) is 0 Å². The molecule has 4 heterocycles. The molecular weight excluding hydrogens is 700 g/mol. The molecular formula is C37H38Cl2FN5O6. The Morgan fingerprint density at radius 3 is 2.57 bits per heavy atom. The minimum Gasteiger partial charge on any atom is -0.496 e. The first-order chi connectivity index (χ1) is 24.5. The summed E-state index contributed by atoms with van der Waals surface area (Å²) in [5, 5.41) is 23.1. The number of rotatable bonds is 11. The van der Waals surface area contributed by atoms with Crippen molar-refractivity contribution < 1.29 is 33.7 Å². The molecule has 2 aliphatic rings. The first-order valence-electron chi connectivity index (χ1n) is 16.5. The zero-order valence-electron chi connectivity index (χ0n) is 28.4. The number of carboxylic acid groups (broad SMARTS) is 1. The van der Waals surface area contributed by atoms with Crippen molar-refractivity contribution in [2.24, 2.45) is 0 Å². The fraction of sp³-hybridized carbons (Fsp3) is 0.351. The van der Waals surface area contributed by atoms with E-state index in [2.05, 4.69) is 26.3 Å². The number of hydrogen-bond donors (Lipinski definition) is 3. The van der Waals surface area contributed by atoms with Gasteiger partial charge in [0, 0.05) is 78.7 Å². The number of carbonyl (C=O) groups is 2. The molecule has 0 aliphatic carbocycles. The number of hydrogen-bond acceptors (Lipinski definition) is 8. The molecule has 0 spiro atoms. The van der Waals surface area contributed by atoms with Gasteiger partial charge in [0.05, 0.1) is 53.9 Å². The van der Waals surface area contributed by atoms with Crippen LogP contribution in [0.1, 0.15) is 36.5 Å². The Morgan fingerprint density at radius 2 is 1.88 bits per heavy atom.